The van der Waals surface area contributed by atoms with E-state index in [9.17, 15) is 0 Å². The minimum atomic E-state index is -0.794. The molecule has 0 aromatic rings. The fourth-order valence-electron chi connectivity index (χ4n) is 0.949. The number of halogens is 1. The Kier molecular flexibility index (Phi) is 6.13. The van der Waals surface area contributed by atoms with Gasteiger partial charge in [0.15, 0.2) is 0 Å². The zero-order chi connectivity index (χ0) is 6.78. The molecule has 0 spiro atoms. The standard InChI is InChI=1S/C6H17NSi.BrH/c1-7(2)6-8(3,4)5;/h6H2,1-5H3;1H. The maximum atomic E-state index is 2.38. The fourth-order valence-corrected chi connectivity index (χ4v) is 2.85. The van der Waals surface area contributed by atoms with Gasteiger partial charge < -0.3 is 4.90 Å². The topological polar surface area (TPSA) is 3.24 Å². The van der Waals surface area contributed by atoms with E-state index in [-0.39, 0.29) is 17.0 Å². The molecule has 0 aliphatic heterocycles. The van der Waals surface area contributed by atoms with E-state index >= 15 is 0 Å². The molecule has 0 N–H and O–H groups in total. The van der Waals surface area contributed by atoms with Gasteiger partial charge in [0.1, 0.15) is 0 Å². The Morgan fingerprint density at radius 1 is 1.11 bits per heavy atom. The smallest absolute Gasteiger partial charge is 0.0599 e. The van der Waals surface area contributed by atoms with E-state index in [2.05, 4.69) is 38.6 Å². The molecule has 0 heterocycles. The van der Waals surface area contributed by atoms with Crippen LogP contribution in [0.15, 0.2) is 0 Å². The van der Waals surface area contributed by atoms with Crippen LogP contribution in [0.4, 0.5) is 0 Å². The van der Waals surface area contributed by atoms with E-state index in [0.29, 0.717) is 0 Å². The summed E-state index contributed by atoms with van der Waals surface area (Å²) < 4.78 is 0. The van der Waals surface area contributed by atoms with Crippen LogP contribution in [0.2, 0.25) is 19.6 Å². The molecule has 0 bridgehead atoms. The van der Waals surface area contributed by atoms with Gasteiger partial charge in [-0.2, -0.15) is 0 Å². The summed E-state index contributed by atoms with van der Waals surface area (Å²) in [7, 11) is 3.48. The monoisotopic (exact) mass is 211 g/mol. The van der Waals surface area contributed by atoms with Crippen molar-refractivity contribution < 1.29 is 0 Å². The number of hydrogen-bond acceptors (Lipinski definition) is 1. The molecule has 1 nitrogen and oxygen atoms in total. The lowest BCUT2D eigenvalue weighted by Gasteiger charge is -2.20. The summed E-state index contributed by atoms with van der Waals surface area (Å²) in [6.07, 6.45) is 1.30. The van der Waals surface area contributed by atoms with Crippen molar-refractivity contribution in [1.29, 1.82) is 0 Å². The molecule has 0 radical (unpaired) electrons. The Bertz CT molecular complexity index is 67.9. The first-order valence-corrected chi connectivity index (χ1v) is 6.77. The molecule has 0 atom stereocenters. The lowest BCUT2D eigenvalue weighted by molar-refractivity contribution is 0.471. The van der Waals surface area contributed by atoms with Crippen LogP contribution < -0.4 is 0 Å². The second kappa shape index (κ2) is 4.47. The Morgan fingerprint density at radius 2 is 1.44 bits per heavy atom. The molecule has 0 amide bonds. The van der Waals surface area contributed by atoms with Crippen LogP contribution in [0.3, 0.4) is 0 Å². The molecule has 3 heteroatoms. The molecular formula is C6H18BrNSi. The molecular weight excluding hydrogens is 194 g/mol. The van der Waals surface area contributed by atoms with Crippen LogP contribution in [0, 0.1) is 0 Å². The molecule has 0 aromatic heterocycles. The van der Waals surface area contributed by atoms with Gasteiger partial charge in [-0.25, -0.2) is 0 Å². The van der Waals surface area contributed by atoms with Gasteiger partial charge >= 0.3 is 0 Å². The summed E-state index contributed by atoms with van der Waals surface area (Å²) in [5.41, 5.74) is 0. The normalized spacial score (nSPS) is 11.3. The molecule has 0 aromatic carbocycles. The van der Waals surface area contributed by atoms with Gasteiger partial charge in [0.25, 0.3) is 0 Å². The van der Waals surface area contributed by atoms with Gasteiger partial charge in [0.2, 0.25) is 0 Å². The van der Waals surface area contributed by atoms with Crippen molar-refractivity contribution in [3.05, 3.63) is 0 Å². The lowest BCUT2D eigenvalue weighted by Crippen LogP contribution is -2.35. The van der Waals surface area contributed by atoms with Crippen LogP contribution in [0.5, 0.6) is 0 Å². The van der Waals surface area contributed by atoms with Crippen LogP contribution in [-0.4, -0.2) is 33.2 Å². The van der Waals surface area contributed by atoms with Crippen molar-refractivity contribution in [2.24, 2.45) is 0 Å². The molecule has 0 aliphatic rings. The first-order chi connectivity index (χ1) is 3.42. The van der Waals surface area contributed by atoms with Gasteiger partial charge in [-0.1, -0.05) is 19.6 Å². The molecule has 0 saturated carbocycles. The summed E-state index contributed by atoms with van der Waals surface area (Å²) in [5.74, 6) is 0. The van der Waals surface area contributed by atoms with Gasteiger partial charge in [0.05, 0.1) is 8.07 Å². The minimum absolute atomic E-state index is 0. The van der Waals surface area contributed by atoms with E-state index in [0.717, 1.165) is 0 Å². The molecule has 58 valence electrons. The fraction of sp³-hybridized carbons (Fsp3) is 1.00. The van der Waals surface area contributed by atoms with Crippen molar-refractivity contribution in [2.45, 2.75) is 19.6 Å². The second-order valence-corrected chi connectivity index (χ2v) is 9.24. The first kappa shape index (κ1) is 12.3. The first-order valence-electron chi connectivity index (χ1n) is 3.06. The van der Waals surface area contributed by atoms with Crippen molar-refractivity contribution >= 4 is 25.1 Å². The summed E-state index contributed by atoms with van der Waals surface area (Å²) >= 11 is 0. The van der Waals surface area contributed by atoms with Crippen LogP contribution >= 0.6 is 17.0 Å². The van der Waals surface area contributed by atoms with Gasteiger partial charge in [-0.3, -0.25) is 0 Å². The van der Waals surface area contributed by atoms with Crippen LogP contribution in [-0.2, 0) is 0 Å². The zero-order valence-electron chi connectivity index (χ0n) is 7.06. The van der Waals surface area contributed by atoms with E-state index < -0.39 is 8.07 Å². The van der Waals surface area contributed by atoms with Gasteiger partial charge in [-0.05, 0) is 20.3 Å². The predicted molar refractivity (Wildman–Crippen MR) is 52.2 cm³/mol. The molecule has 9 heavy (non-hydrogen) atoms. The van der Waals surface area contributed by atoms with Crippen molar-refractivity contribution in [2.75, 3.05) is 20.3 Å². The zero-order valence-corrected chi connectivity index (χ0v) is 9.78. The Balaban J connectivity index is 0. The highest BCUT2D eigenvalue weighted by molar-refractivity contribution is 8.93. The maximum Gasteiger partial charge on any atom is 0.0599 e. The predicted octanol–water partition coefficient (Wildman–Crippen LogP) is 2.00. The Morgan fingerprint density at radius 3 is 1.44 bits per heavy atom. The second-order valence-electron chi connectivity index (χ2n) is 3.80. The SMILES string of the molecule is Br.CN(C)C[Si](C)(C)C. The van der Waals surface area contributed by atoms with Crippen molar-refractivity contribution in [3.63, 3.8) is 0 Å². The molecule has 0 fully saturated rings. The third-order valence-electron chi connectivity index (χ3n) is 0.791. The maximum absolute atomic E-state index is 2.38. The highest BCUT2D eigenvalue weighted by Crippen LogP contribution is 1.99. The van der Waals surface area contributed by atoms with Crippen LogP contribution in [0.1, 0.15) is 0 Å². The number of nitrogens with zero attached hydrogens (tertiary/aromatic N) is 1. The Hall–Kier alpha value is 0.657. The molecule has 0 rings (SSSR count). The minimum Gasteiger partial charge on any atom is -0.312 e. The Labute approximate surface area is 70.2 Å². The van der Waals surface area contributed by atoms with Gasteiger partial charge in [-0.15, -0.1) is 17.0 Å². The van der Waals surface area contributed by atoms with E-state index in [1.54, 1.807) is 0 Å². The average Bonchev–Trinajstić information content (AvgIpc) is 1.21. The van der Waals surface area contributed by atoms with E-state index in [1.165, 1.54) is 6.17 Å². The van der Waals surface area contributed by atoms with E-state index in [4.69, 9.17) is 0 Å². The third kappa shape index (κ3) is 12.0. The summed E-state index contributed by atoms with van der Waals surface area (Å²) in [6, 6.07) is 0. The quantitative estimate of drug-likeness (QED) is 0.633. The van der Waals surface area contributed by atoms with Crippen molar-refractivity contribution in [3.8, 4) is 0 Å². The summed E-state index contributed by atoms with van der Waals surface area (Å²) in [5, 5.41) is 0. The summed E-state index contributed by atoms with van der Waals surface area (Å²) in [6.45, 7) is 7.15. The average molecular weight is 212 g/mol. The third-order valence-corrected chi connectivity index (χ3v) is 2.37. The number of hydrogen-bond donors (Lipinski definition) is 0. The molecule has 0 unspecified atom stereocenters. The lowest BCUT2D eigenvalue weighted by atomic mass is 11.0. The summed E-state index contributed by atoms with van der Waals surface area (Å²) in [4.78, 5) is 2.27. The molecule has 0 aliphatic carbocycles. The largest absolute Gasteiger partial charge is 0.312 e. The van der Waals surface area contributed by atoms with Gasteiger partial charge in [0, 0.05) is 0 Å². The highest BCUT2D eigenvalue weighted by Gasteiger charge is 2.12. The van der Waals surface area contributed by atoms with E-state index in [1.807, 2.05) is 0 Å². The highest BCUT2D eigenvalue weighted by atomic mass is 79.9. The van der Waals surface area contributed by atoms with Crippen molar-refractivity contribution in [1.82, 2.24) is 4.90 Å². The number of rotatable bonds is 2. The molecule has 0 saturated heterocycles. The van der Waals surface area contributed by atoms with Crippen LogP contribution in [0.25, 0.3) is 0 Å².